The lowest BCUT2D eigenvalue weighted by Crippen LogP contribution is -2.45. The second kappa shape index (κ2) is 9.12. The fraction of sp³-hybridized carbons (Fsp3) is 0.294. The number of halogens is 1. The number of amides is 2. The van der Waals surface area contributed by atoms with E-state index in [9.17, 15) is 14.0 Å². The molecule has 2 amide bonds. The van der Waals surface area contributed by atoms with Crippen LogP contribution >= 0.6 is 11.8 Å². The average Bonchev–Trinajstić information content (AvgIpc) is 3.10. The number of thioether (sulfide) groups is 1. The molecule has 1 heterocycles. The van der Waals surface area contributed by atoms with Crippen LogP contribution in [0, 0.1) is 5.82 Å². The second-order valence-electron chi connectivity index (χ2n) is 5.12. The maximum absolute atomic E-state index is 12.8. The number of nitrogens with one attached hydrogen (secondary N) is 2. The topological polar surface area (TPSA) is 71.3 Å². The van der Waals surface area contributed by atoms with Crippen LogP contribution in [0.5, 0.6) is 0 Å². The Morgan fingerprint density at radius 3 is 2.67 bits per heavy atom. The summed E-state index contributed by atoms with van der Waals surface area (Å²) in [6.07, 6.45) is 2.17. The molecule has 2 aromatic rings. The van der Waals surface area contributed by atoms with Crippen molar-refractivity contribution < 1.29 is 18.4 Å². The highest BCUT2D eigenvalue weighted by Crippen LogP contribution is 2.18. The third kappa shape index (κ3) is 5.73. The monoisotopic (exact) mass is 350 g/mol. The van der Waals surface area contributed by atoms with E-state index in [0.29, 0.717) is 6.54 Å². The molecule has 2 N–H and O–H groups in total. The van der Waals surface area contributed by atoms with Crippen molar-refractivity contribution in [2.75, 3.05) is 12.3 Å². The molecule has 24 heavy (non-hydrogen) atoms. The van der Waals surface area contributed by atoms with E-state index in [0.717, 1.165) is 17.1 Å². The largest absolute Gasteiger partial charge is 0.459 e. The van der Waals surface area contributed by atoms with Crippen LogP contribution in [0.1, 0.15) is 23.9 Å². The summed E-state index contributed by atoms with van der Waals surface area (Å²) in [6, 6.07) is 8.80. The van der Waals surface area contributed by atoms with Gasteiger partial charge in [-0.25, -0.2) is 4.39 Å². The molecule has 2 rings (SSSR count). The molecule has 1 atom stereocenters. The molecule has 0 saturated heterocycles. The van der Waals surface area contributed by atoms with Gasteiger partial charge in [0.15, 0.2) is 5.76 Å². The maximum Gasteiger partial charge on any atom is 0.287 e. The molecule has 0 bridgehead atoms. The molecule has 5 nitrogen and oxygen atoms in total. The number of carbonyl (C=O) groups is 2. The highest BCUT2D eigenvalue weighted by Gasteiger charge is 2.17. The zero-order chi connectivity index (χ0) is 17.4. The highest BCUT2D eigenvalue weighted by molar-refractivity contribution is 7.99. The summed E-state index contributed by atoms with van der Waals surface area (Å²) in [5.74, 6) is 0.0535. The minimum atomic E-state index is -0.646. The molecular formula is C17H19FN2O3S. The fourth-order valence-corrected chi connectivity index (χ4v) is 2.75. The quantitative estimate of drug-likeness (QED) is 0.567. The van der Waals surface area contributed by atoms with Crippen LogP contribution in [0.25, 0.3) is 0 Å². The lowest BCUT2D eigenvalue weighted by Gasteiger charge is -2.13. The number of benzene rings is 1. The lowest BCUT2D eigenvalue weighted by atomic mass is 10.3. The van der Waals surface area contributed by atoms with Crippen LogP contribution in [-0.4, -0.2) is 30.2 Å². The molecule has 0 aliphatic carbocycles. The molecule has 0 aliphatic rings. The van der Waals surface area contributed by atoms with Crippen molar-refractivity contribution in [3.63, 3.8) is 0 Å². The third-order valence-corrected chi connectivity index (χ3v) is 4.29. The molecule has 0 saturated carbocycles. The minimum Gasteiger partial charge on any atom is -0.459 e. The Morgan fingerprint density at radius 1 is 1.25 bits per heavy atom. The first-order chi connectivity index (χ1) is 11.6. The lowest BCUT2D eigenvalue weighted by molar-refractivity contribution is -0.122. The molecule has 0 aliphatic heterocycles. The summed E-state index contributed by atoms with van der Waals surface area (Å²) in [5, 5.41) is 5.34. The Labute approximate surface area is 144 Å². The smallest absolute Gasteiger partial charge is 0.287 e. The Morgan fingerprint density at radius 2 is 2.00 bits per heavy atom. The van der Waals surface area contributed by atoms with E-state index in [1.54, 1.807) is 36.9 Å². The first-order valence-electron chi connectivity index (χ1n) is 7.56. The van der Waals surface area contributed by atoms with Gasteiger partial charge in [0.2, 0.25) is 5.91 Å². The van der Waals surface area contributed by atoms with Gasteiger partial charge in [-0.2, -0.15) is 0 Å². The number of furan rings is 1. The Balaban J connectivity index is 1.62. The molecule has 1 aromatic carbocycles. The van der Waals surface area contributed by atoms with Gasteiger partial charge in [0, 0.05) is 11.4 Å². The highest BCUT2D eigenvalue weighted by atomic mass is 32.2. The van der Waals surface area contributed by atoms with Crippen molar-refractivity contribution in [3.05, 3.63) is 54.2 Å². The van der Waals surface area contributed by atoms with Crippen LogP contribution in [0.15, 0.2) is 52.0 Å². The van der Waals surface area contributed by atoms with Crippen molar-refractivity contribution in [2.45, 2.75) is 24.3 Å². The zero-order valence-corrected chi connectivity index (χ0v) is 14.1. The summed E-state index contributed by atoms with van der Waals surface area (Å²) in [5.41, 5.74) is 0. The van der Waals surface area contributed by atoms with E-state index in [1.807, 2.05) is 0 Å². The van der Waals surface area contributed by atoms with E-state index >= 15 is 0 Å². The molecule has 1 aromatic heterocycles. The van der Waals surface area contributed by atoms with Gasteiger partial charge in [0.05, 0.1) is 6.26 Å². The Bertz CT molecular complexity index is 659. The average molecular weight is 350 g/mol. The van der Waals surface area contributed by atoms with Crippen molar-refractivity contribution in [2.24, 2.45) is 0 Å². The zero-order valence-electron chi connectivity index (χ0n) is 13.3. The van der Waals surface area contributed by atoms with E-state index < -0.39 is 11.9 Å². The van der Waals surface area contributed by atoms with E-state index in [2.05, 4.69) is 10.6 Å². The van der Waals surface area contributed by atoms with Crippen molar-refractivity contribution in [1.29, 1.82) is 0 Å². The standard InChI is InChI=1S/C17H19FN2O3S/c1-12(20-17(22)15-4-2-10-23-15)16(21)19-9-3-11-24-14-7-5-13(18)6-8-14/h2,4-8,10,12H,3,9,11H2,1H3,(H,19,21)(H,20,22). The van der Waals surface area contributed by atoms with Gasteiger partial charge in [0.1, 0.15) is 11.9 Å². The van der Waals surface area contributed by atoms with Gasteiger partial charge >= 0.3 is 0 Å². The number of rotatable bonds is 8. The van der Waals surface area contributed by atoms with Crippen LogP contribution in [-0.2, 0) is 4.79 Å². The van der Waals surface area contributed by atoms with Gasteiger partial charge in [-0.3, -0.25) is 9.59 Å². The van der Waals surface area contributed by atoms with Crippen LogP contribution < -0.4 is 10.6 Å². The molecule has 7 heteroatoms. The van der Waals surface area contributed by atoms with Gasteiger partial charge in [-0.05, 0) is 55.5 Å². The summed E-state index contributed by atoms with van der Waals surface area (Å²) >= 11 is 1.60. The summed E-state index contributed by atoms with van der Waals surface area (Å²) in [6.45, 7) is 2.12. The predicted molar refractivity (Wildman–Crippen MR) is 90.4 cm³/mol. The molecule has 128 valence electrons. The van der Waals surface area contributed by atoms with E-state index in [4.69, 9.17) is 4.42 Å². The summed E-state index contributed by atoms with van der Waals surface area (Å²) in [7, 11) is 0. The molecular weight excluding hydrogens is 331 g/mol. The van der Waals surface area contributed by atoms with Crippen molar-refractivity contribution in [3.8, 4) is 0 Å². The van der Waals surface area contributed by atoms with Crippen LogP contribution in [0.4, 0.5) is 4.39 Å². The van der Waals surface area contributed by atoms with Gasteiger partial charge in [0.25, 0.3) is 5.91 Å². The number of hydrogen-bond acceptors (Lipinski definition) is 4. The van der Waals surface area contributed by atoms with Crippen molar-refractivity contribution >= 4 is 23.6 Å². The minimum absolute atomic E-state index is 0.172. The number of hydrogen-bond donors (Lipinski definition) is 2. The van der Waals surface area contributed by atoms with Crippen LogP contribution in [0.2, 0.25) is 0 Å². The van der Waals surface area contributed by atoms with Gasteiger partial charge < -0.3 is 15.1 Å². The van der Waals surface area contributed by atoms with Gasteiger partial charge in [-0.1, -0.05) is 0 Å². The second-order valence-corrected chi connectivity index (χ2v) is 6.29. The van der Waals surface area contributed by atoms with E-state index in [1.165, 1.54) is 24.5 Å². The van der Waals surface area contributed by atoms with Crippen LogP contribution in [0.3, 0.4) is 0 Å². The van der Waals surface area contributed by atoms with E-state index in [-0.39, 0.29) is 17.5 Å². The maximum atomic E-state index is 12.8. The van der Waals surface area contributed by atoms with Gasteiger partial charge in [-0.15, -0.1) is 11.8 Å². The normalized spacial score (nSPS) is 11.8. The molecule has 0 fully saturated rings. The molecule has 1 unspecified atom stereocenters. The Hall–Kier alpha value is -2.28. The fourth-order valence-electron chi connectivity index (χ4n) is 1.90. The predicted octanol–water partition coefficient (Wildman–Crippen LogP) is 2.84. The summed E-state index contributed by atoms with van der Waals surface area (Å²) < 4.78 is 17.8. The first kappa shape index (κ1) is 18.1. The third-order valence-electron chi connectivity index (χ3n) is 3.19. The molecule has 0 radical (unpaired) electrons. The number of carbonyl (C=O) groups excluding carboxylic acids is 2. The first-order valence-corrected chi connectivity index (χ1v) is 8.55. The molecule has 0 spiro atoms. The summed E-state index contributed by atoms with van der Waals surface area (Å²) in [4.78, 5) is 24.7. The Kier molecular flexibility index (Phi) is 6.87. The SMILES string of the molecule is CC(NC(=O)c1ccco1)C(=O)NCCCSc1ccc(F)cc1. The van der Waals surface area contributed by atoms with Crippen molar-refractivity contribution in [1.82, 2.24) is 10.6 Å².